The molecule has 0 aliphatic heterocycles. The third kappa shape index (κ3) is 2.06. The number of aromatic nitrogens is 1. The number of anilines is 1. The second-order valence-electron chi connectivity index (χ2n) is 4.47. The van der Waals surface area contributed by atoms with Crippen molar-refractivity contribution >= 4 is 16.6 Å². The lowest BCUT2D eigenvalue weighted by Gasteiger charge is -2.14. The number of nitrogens with zero attached hydrogens (tertiary/aromatic N) is 1. The van der Waals surface area contributed by atoms with Crippen molar-refractivity contribution < 1.29 is 0 Å². The quantitative estimate of drug-likeness (QED) is 0.777. The second kappa shape index (κ2) is 4.60. The molecule has 0 radical (unpaired) electrons. The third-order valence-corrected chi connectivity index (χ3v) is 3.41. The maximum Gasteiger partial charge on any atom is 0.0500 e. The van der Waals surface area contributed by atoms with E-state index in [-0.39, 0.29) is 0 Å². The molecule has 0 saturated carbocycles. The normalized spacial score (nSPS) is 11.4. The average Bonchev–Trinajstić information content (AvgIpc) is 2.68. The van der Waals surface area contributed by atoms with Crippen molar-refractivity contribution in [2.24, 2.45) is 5.92 Å². The van der Waals surface area contributed by atoms with Crippen molar-refractivity contribution in [2.75, 3.05) is 5.73 Å². The van der Waals surface area contributed by atoms with Crippen molar-refractivity contribution in [3.8, 4) is 0 Å². The first-order valence-electron chi connectivity index (χ1n) is 6.09. The van der Waals surface area contributed by atoms with Crippen molar-refractivity contribution in [3.63, 3.8) is 0 Å². The van der Waals surface area contributed by atoms with E-state index in [0.717, 1.165) is 18.2 Å². The molecule has 0 saturated heterocycles. The van der Waals surface area contributed by atoms with Gasteiger partial charge in [0.2, 0.25) is 0 Å². The predicted molar refractivity (Wildman–Crippen MR) is 70.4 cm³/mol. The van der Waals surface area contributed by atoms with Crippen molar-refractivity contribution in [1.82, 2.24) is 4.57 Å². The van der Waals surface area contributed by atoms with Crippen molar-refractivity contribution in [2.45, 2.75) is 33.2 Å². The second-order valence-corrected chi connectivity index (χ2v) is 4.47. The summed E-state index contributed by atoms with van der Waals surface area (Å²) in [5.41, 5.74) is 7.94. The van der Waals surface area contributed by atoms with Crippen LogP contribution in [0.5, 0.6) is 0 Å². The van der Waals surface area contributed by atoms with Crippen LogP contribution in [0.25, 0.3) is 10.9 Å². The predicted octanol–water partition coefficient (Wildman–Crippen LogP) is 3.66. The summed E-state index contributed by atoms with van der Waals surface area (Å²) in [5, 5.41) is 1.28. The Morgan fingerprint density at radius 2 is 1.94 bits per heavy atom. The maximum atomic E-state index is 5.83. The van der Waals surface area contributed by atoms with Crippen molar-refractivity contribution in [3.05, 3.63) is 30.5 Å². The number of fused-ring (bicyclic) bond motifs is 1. The summed E-state index contributed by atoms with van der Waals surface area (Å²) in [6, 6.07) is 8.28. The van der Waals surface area contributed by atoms with Crippen LogP contribution in [0, 0.1) is 5.92 Å². The number of nitrogen functional groups attached to an aromatic ring is 1. The molecule has 86 valence electrons. The topological polar surface area (TPSA) is 30.9 Å². The molecule has 0 bridgehead atoms. The summed E-state index contributed by atoms with van der Waals surface area (Å²) in [5.74, 6) is 0.761. The van der Waals surface area contributed by atoms with Gasteiger partial charge in [-0.25, -0.2) is 0 Å². The molecule has 1 heterocycles. The highest BCUT2D eigenvalue weighted by Crippen LogP contribution is 2.21. The van der Waals surface area contributed by atoms with Crippen LogP contribution in [0.3, 0.4) is 0 Å². The molecule has 1 aromatic heterocycles. The summed E-state index contributed by atoms with van der Waals surface area (Å²) in [6.45, 7) is 5.61. The number of hydrogen-bond donors (Lipinski definition) is 1. The van der Waals surface area contributed by atoms with Gasteiger partial charge in [0.25, 0.3) is 0 Å². The fourth-order valence-corrected chi connectivity index (χ4v) is 2.19. The Kier molecular flexibility index (Phi) is 3.18. The zero-order valence-corrected chi connectivity index (χ0v) is 10.1. The molecule has 0 amide bonds. The van der Waals surface area contributed by atoms with E-state index in [1.807, 2.05) is 6.07 Å². The minimum Gasteiger partial charge on any atom is -0.399 e. The summed E-state index contributed by atoms with van der Waals surface area (Å²) >= 11 is 0. The van der Waals surface area contributed by atoms with Gasteiger partial charge in [0.1, 0.15) is 0 Å². The van der Waals surface area contributed by atoms with Gasteiger partial charge in [-0.1, -0.05) is 32.8 Å². The van der Waals surface area contributed by atoms with Gasteiger partial charge in [-0.3, -0.25) is 0 Å². The van der Waals surface area contributed by atoms with Crippen LogP contribution < -0.4 is 5.73 Å². The van der Waals surface area contributed by atoms with Crippen LogP contribution in [0.2, 0.25) is 0 Å². The van der Waals surface area contributed by atoms with Crippen LogP contribution in [-0.4, -0.2) is 4.57 Å². The molecule has 0 aliphatic carbocycles. The Morgan fingerprint density at radius 1 is 1.19 bits per heavy atom. The highest BCUT2D eigenvalue weighted by molar-refractivity contribution is 5.83. The van der Waals surface area contributed by atoms with Gasteiger partial charge in [-0.15, -0.1) is 0 Å². The Bertz CT molecular complexity index is 467. The Balaban J connectivity index is 2.33. The molecule has 2 aromatic rings. The molecule has 16 heavy (non-hydrogen) atoms. The molecule has 0 spiro atoms. The number of rotatable bonds is 4. The maximum absolute atomic E-state index is 5.83. The molecule has 0 fully saturated rings. The van der Waals surface area contributed by atoms with Gasteiger partial charge in [0, 0.05) is 18.4 Å². The van der Waals surface area contributed by atoms with E-state index < -0.39 is 0 Å². The number of hydrogen-bond acceptors (Lipinski definition) is 1. The Labute approximate surface area is 97.1 Å². The lowest BCUT2D eigenvalue weighted by molar-refractivity contribution is 0.425. The van der Waals surface area contributed by atoms with Crippen LogP contribution in [-0.2, 0) is 6.54 Å². The van der Waals surface area contributed by atoms with Crippen LogP contribution in [0.4, 0.5) is 5.69 Å². The SMILES string of the molecule is CCC(CC)Cn1ccc2ccc(N)cc21. The molecule has 2 nitrogen and oxygen atoms in total. The summed E-state index contributed by atoms with van der Waals surface area (Å²) < 4.78 is 2.32. The van der Waals surface area contributed by atoms with Crippen LogP contribution in [0.15, 0.2) is 30.5 Å². The largest absolute Gasteiger partial charge is 0.399 e. The summed E-state index contributed by atoms with van der Waals surface area (Å²) in [7, 11) is 0. The average molecular weight is 216 g/mol. The Morgan fingerprint density at radius 3 is 2.62 bits per heavy atom. The first kappa shape index (κ1) is 11.1. The first-order valence-corrected chi connectivity index (χ1v) is 6.09. The molecule has 2 rings (SSSR count). The van der Waals surface area contributed by atoms with E-state index in [1.165, 1.54) is 23.7 Å². The van der Waals surface area contributed by atoms with Gasteiger partial charge >= 0.3 is 0 Å². The number of nitrogens with two attached hydrogens (primary N) is 1. The van der Waals surface area contributed by atoms with E-state index in [4.69, 9.17) is 5.73 Å². The highest BCUT2D eigenvalue weighted by atomic mass is 15.0. The lowest BCUT2D eigenvalue weighted by atomic mass is 10.0. The molecule has 2 N–H and O–H groups in total. The molecule has 2 heteroatoms. The third-order valence-electron chi connectivity index (χ3n) is 3.41. The smallest absolute Gasteiger partial charge is 0.0500 e. The molecule has 0 unspecified atom stereocenters. The van der Waals surface area contributed by atoms with Gasteiger partial charge in [-0.05, 0) is 29.5 Å². The summed E-state index contributed by atoms with van der Waals surface area (Å²) in [6.07, 6.45) is 4.64. The highest BCUT2D eigenvalue weighted by Gasteiger charge is 2.07. The van der Waals surface area contributed by atoms with Crippen LogP contribution >= 0.6 is 0 Å². The summed E-state index contributed by atoms with van der Waals surface area (Å²) in [4.78, 5) is 0. The minimum absolute atomic E-state index is 0.761. The monoisotopic (exact) mass is 216 g/mol. The standard InChI is InChI=1S/C14H20N2/c1-3-11(4-2)10-16-8-7-12-5-6-13(15)9-14(12)16/h5-9,11H,3-4,10,15H2,1-2H3. The zero-order valence-electron chi connectivity index (χ0n) is 10.1. The minimum atomic E-state index is 0.761. The van der Waals surface area contributed by atoms with Crippen LogP contribution in [0.1, 0.15) is 26.7 Å². The fraction of sp³-hybridized carbons (Fsp3) is 0.429. The number of benzene rings is 1. The van der Waals surface area contributed by atoms with Gasteiger partial charge in [0.15, 0.2) is 0 Å². The van der Waals surface area contributed by atoms with Crippen molar-refractivity contribution in [1.29, 1.82) is 0 Å². The van der Waals surface area contributed by atoms with E-state index in [1.54, 1.807) is 0 Å². The first-order chi connectivity index (χ1) is 7.74. The van der Waals surface area contributed by atoms with E-state index >= 15 is 0 Å². The zero-order chi connectivity index (χ0) is 11.5. The van der Waals surface area contributed by atoms with Gasteiger partial charge < -0.3 is 10.3 Å². The van der Waals surface area contributed by atoms with Gasteiger partial charge in [0.05, 0.1) is 5.52 Å². The van der Waals surface area contributed by atoms with E-state index in [2.05, 4.69) is 42.8 Å². The fourth-order valence-electron chi connectivity index (χ4n) is 2.19. The molecule has 1 aromatic carbocycles. The Hall–Kier alpha value is -1.44. The lowest BCUT2D eigenvalue weighted by Crippen LogP contribution is -2.08. The van der Waals surface area contributed by atoms with E-state index in [0.29, 0.717) is 0 Å². The molecule has 0 aliphatic rings. The molecular weight excluding hydrogens is 196 g/mol. The molecule has 0 atom stereocenters. The molecular formula is C14H20N2. The van der Waals surface area contributed by atoms with Gasteiger partial charge in [-0.2, -0.15) is 0 Å². The van der Waals surface area contributed by atoms with E-state index in [9.17, 15) is 0 Å².